The normalized spacial score (nSPS) is 10.9. The molecule has 0 unspecified atom stereocenters. The second kappa shape index (κ2) is 4.35. The van der Waals surface area contributed by atoms with Crippen molar-refractivity contribution in [2.75, 3.05) is 7.11 Å². The zero-order valence-electron chi connectivity index (χ0n) is 10.1. The smallest absolute Gasteiger partial charge is 0.180 e. The molecule has 5 heteroatoms. The number of rotatable bonds is 2. The molecule has 0 atom stereocenters. The minimum Gasteiger partial charge on any atom is -0.493 e. The van der Waals surface area contributed by atoms with Gasteiger partial charge in [0.1, 0.15) is 11.6 Å². The SMILES string of the molecule is COc1cccn2cc(-c3cc(F)cc(F)c3)nc12. The van der Waals surface area contributed by atoms with Crippen molar-refractivity contribution in [3.05, 3.63) is 54.4 Å². The van der Waals surface area contributed by atoms with Crippen molar-refractivity contribution in [1.82, 2.24) is 9.38 Å². The van der Waals surface area contributed by atoms with E-state index in [1.54, 1.807) is 30.0 Å². The lowest BCUT2D eigenvalue weighted by molar-refractivity contribution is 0.417. The van der Waals surface area contributed by atoms with Crippen molar-refractivity contribution in [2.45, 2.75) is 0 Å². The van der Waals surface area contributed by atoms with Crippen LogP contribution in [-0.2, 0) is 0 Å². The van der Waals surface area contributed by atoms with E-state index in [0.717, 1.165) is 6.07 Å². The maximum atomic E-state index is 13.2. The van der Waals surface area contributed by atoms with Gasteiger partial charge in [-0.25, -0.2) is 13.8 Å². The summed E-state index contributed by atoms with van der Waals surface area (Å²) in [5, 5.41) is 0. The van der Waals surface area contributed by atoms with Crippen molar-refractivity contribution in [3.8, 4) is 17.0 Å². The topological polar surface area (TPSA) is 26.5 Å². The fourth-order valence-corrected chi connectivity index (χ4v) is 1.99. The summed E-state index contributed by atoms with van der Waals surface area (Å²) in [6.07, 6.45) is 3.50. The van der Waals surface area contributed by atoms with E-state index in [1.165, 1.54) is 12.1 Å². The molecule has 0 aliphatic rings. The molecule has 0 bridgehead atoms. The number of imidazole rings is 1. The molecular weight excluding hydrogens is 250 g/mol. The number of fused-ring (bicyclic) bond motifs is 1. The second-order valence-electron chi connectivity index (χ2n) is 4.09. The molecule has 0 aliphatic heterocycles. The van der Waals surface area contributed by atoms with Crippen LogP contribution >= 0.6 is 0 Å². The maximum absolute atomic E-state index is 13.2. The Morgan fingerprint density at radius 3 is 2.58 bits per heavy atom. The lowest BCUT2D eigenvalue weighted by Gasteiger charge is -1.99. The Bertz CT molecular complexity index is 732. The minimum absolute atomic E-state index is 0.392. The molecule has 0 saturated heterocycles. The van der Waals surface area contributed by atoms with E-state index in [9.17, 15) is 8.78 Å². The minimum atomic E-state index is -0.626. The van der Waals surface area contributed by atoms with E-state index in [0.29, 0.717) is 22.7 Å². The van der Waals surface area contributed by atoms with E-state index in [2.05, 4.69) is 4.98 Å². The Kier molecular flexibility index (Phi) is 2.67. The fraction of sp³-hybridized carbons (Fsp3) is 0.0714. The number of pyridine rings is 1. The molecule has 0 aliphatic carbocycles. The van der Waals surface area contributed by atoms with Crippen LogP contribution < -0.4 is 4.74 Å². The molecule has 0 saturated carbocycles. The van der Waals surface area contributed by atoms with Crippen LogP contribution in [0.4, 0.5) is 8.78 Å². The third kappa shape index (κ3) is 2.03. The summed E-state index contributed by atoms with van der Waals surface area (Å²) in [4.78, 5) is 4.34. The monoisotopic (exact) mass is 260 g/mol. The zero-order chi connectivity index (χ0) is 13.4. The third-order valence-electron chi connectivity index (χ3n) is 2.83. The number of halogens is 2. The molecule has 96 valence electrons. The Balaban J connectivity index is 2.20. The first-order valence-corrected chi connectivity index (χ1v) is 5.65. The number of hydrogen-bond donors (Lipinski definition) is 0. The average Bonchev–Trinajstić information content (AvgIpc) is 2.81. The maximum Gasteiger partial charge on any atom is 0.180 e. The van der Waals surface area contributed by atoms with Crippen LogP contribution in [0.25, 0.3) is 16.9 Å². The van der Waals surface area contributed by atoms with Crippen molar-refractivity contribution < 1.29 is 13.5 Å². The van der Waals surface area contributed by atoms with Crippen LogP contribution in [0.15, 0.2) is 42.7 Å². The summed E-state index contributed by atoms with van der Waals surface area (Å²) in [7, 11) is 1.55. The van der Waals surface area contributed by atoms with Gasteiger partial charge in [0, 0.05) is 24.0 Å². The van der Waals surface area contributed by atoms with Gasteiger partial charge in [-0.1, -0.05) is 0 Å². The molecule has 3 aromatic rings. The summed E-state index contributed by atoms with van der Waals surface area (Å²) in [6, 6.07) is 6.91. The third-order valence-corrected chi connectivity index (χ3v) is 2.83. The molecule has 0 fully saturated rings. The average molecular weight is 260 g/mol. The van der Waals surface area contributed by atoms with Crippen LogP contribution in [0.3, 0.4) is 0 Å². The summed E-state index contributed by atoms with van der Waals surface area (Å²) >= 11 is 0. The summed E-state index contributed by atoms with van der Waals surface area (Å²) < 4.78 is 33.4. The molecule has 0 spiro atoms. The fourth-order valence-electron chi connectivity index (χ4n) is 1.99. The number of hydrogen-bond acceptors (Lipinski definition) is 2. The van der Waals surface area contributed by atoms with Crippen molar-refractivity contribution in [3.63, 3.8) is 0 Å². The zero-order valence-corrected chi connectivity index (χ0v) is 10.1. The Hall–Kier alpha value is -2.43. The first kappa shape index (κ1) is 11.6. The van der Waals surface area contributed by atoms with Gasteiger partial charge in [0.25, 0.3) is 0 Å². The van der Waals surface area contributed by atoms with Crippen LogP contribution in [-0.4, -0.2) is 16.5 Å². The second-order valence-corrected chi connectivity index (χ2v) is 4.09. The molecule has 19 heavy (non-hydrogen) atoms. The highest BCUT2D eigenvalue weighted by atomic mass is 19.1. The van der Waals surface area contributed by atoms with Gasteiger partial charge in [0.2, 0.25) is 0 Å². The summed E-state index contributed by atoms with van der Waals surface area (Å²) in [5.74, 6) is -0.649. The number of ether oxygens (including phenoxy) is 1. The van der Waals surface area contributed by atoms with Crippen LogP contribution in [0.5, 0.6) is 5.75 Å². The number of nitrogens with zero attached hydrogens (tertiary/aromatic N) is 2. The van der Waals surface area contributed by atoms with Gasteiger partial charge in [-0.05, 0) is 24.3 Å². The van der Waals surface area contributed by atoms with Crippen LogP contribution in [0, 0.1) is 11.6 Å². The molecule has 3 rings (SSSR count). The molecule has 0 amide bonds. The van der Waals surface area contributed by atoms with E-state index >= 15 is 0 Å². The molecule has 0 N–H and O–H groups in total. The predicted molar refractivity (Wildman–Crippen MR) is 67.1 cm³/mol. The van der Waals surface area contributed by atoms with Gasteiger partial charge in [-0.2, -0.15) is 0 Å². The lowest BCUT2D eigenvalue weighted by atomic mass is 10.1. The largest absolute Gasteiger partial charge is 0.493 e. The highest BCUT2D eigenvalue weighted by Crippen LogP contribution is 2.25. The van der Waals surface area contributed by atoms with Crippen LogP contribution in [0.2, 0.25) is 0 Å². The molecular formula is C14H10F2N2O. The van der Waals surface area contributed by atoms with Gasteiger partial charge in [0.05, 0.1) is 12.8 Å². The lowest BCUT2D eigenvalue weighted by Crippen LogP contribution is -1.88. The van der Waals surface area contributed by atoms with Gasteiger partial charge < -0.3 is 9.14 Å². The molecule has 3 nitrogen and oxygen atoms in total. The number of aromatic nitrogens is 2. The Labute approximate surface area is 108 Å². The standard InChI is InChI=1S/C14H10F2N2O/c1-19-13-3-2-4-18-8-12(17-14(13)18)9-5-10(15)7-11(16)6-9/h2-8H,1H3. The van der Waals surface area contributed by atoms with Gasteiger partial charge >= 0.3 is 0 Å². The van der Waals surface area contributed by atoms with Crippen molar-refractivity contribution >= 4 is 5.65 Å². The van der Waals surface area contributed by atoms with E-state index in [-0.39, 0.29) is 0 Å². The number of benzene rings is 1. The summed E-state index contributed by atoms with van der Waals surface area (Å²) in [5.41, 5.74) is 1.48. The first-order valence-electron chi connectivity index (χ1n) is 5.65. The highest BCUT2D eigenvalue weighted by Gasteiger charge is 2.10. The highest BCUT2D eigenvalue weighted by molar-refractivity contribution is 5.66. The van der Waals surface area contributed by atoms with Crippen molar-refractivity contribution in [2.24, 2.45) is 0 Å². The molecule has 1 aromatic carbocycles. The van der Waals surface area contributed by atoms with Crippen LogP contribution in [0.1, 0.15) is 0 Å². The Morgan fingerprint density at radius 1 is 1.16 bits per heavy atom. The Morgan fingerprint density at radius 2 is 1.89 bits per heavy atom. The van der Waals surface area contributed by atoms with Gasteiger partial charge in [-0.3, -0.25) is 0 Å². The summed E-state index contributed by atoms with van der Waals surface area (Å²) in [6.45, 7) is 0. The quantitative estimate of drug-likeness (QED) is 0.706. The van der Waals surface area contributed by atoms with Crippen molar-refractivity contribution in [1.29, 1.82) is 0 Å². The van der Waals surface area contributed by atoms with E-state index in [4.69, 9.17) is 4.74 Å². The number of methoxy groups -OCH3 is 1. The first-order chi connectivity index (χ1) is 9.17. The molecule has 2 aromatic heterocycles. The van der Waals surface area contributed by atoms with E-state index < -0.39 is 11.6 Å². The molecule has 2 heterocycles. The predicted octanol–water partition coefficient (Wildman–Crippen LogP) is 3.29. The van der Waals surface area contributed by atoms with Gasteiger partial charge in [-0.15, -0.1) is 0 Å². The van der Waals surface area contributed by atoms with E-state index in [1.807, 2.05) is 6.07 Å². The van der Waals surface area contributed by atoms with Gasteiger partial charge in [0.15, 0.2) is 11.4 Å². The molecule has 0 radical (unpaired) electrons.